The molecule has 1 saturated carbocycles. The number of carbonyl (C=O) groups excluding carboxylic acids is 1. The number of rotatable bonds is 1. The molecular weight excluding hydrogens is 248 g/mol. The Balaban J connectivity index is 2.00. The molecule has 3 nitrogen and oxygen atoms in total. The van der Waals surface area contributed by atoms with Crippen molar-refractivity contribution in [2.75, 3.05) is 0 Å². The average molecular weight is 266 g/mol. The summed E-state index contributed by atoms with van der Waals surface area (Å²) in [5.41, 5.74) is 3.18. The summed E-state index contributed by atoms with van der Waals surface area (Å²) in [4.78, 5) is 19.7. The molecule has 20 heavy (non-hydrogen) atoms. The fraction of sp³-hybridized carbons (Fsp3) is 0.412. The molecular formula is C17H18N2O. The van der Waals surface area contributed by atoms with Crippen LogP contribution in [0, 0.1) is 17.8 Å². The van der Waals surface area contributed by atoms with E-state index in [1.807, 2.05) is 18.2 Å². The minimum Gasteiger partial charge on any atom is -0.339 e. The second kappa shape index (κ2) is 3.81. The van der Waals surface area contributed by atoms with Crippen molar-refractivity contribution in [2.45, 2.75) is 26.7 Å². The first-order valence-corrected chi connectivity index (χ1v) is 7.28. The maximum absolute atomic E-state index is 11.6. The molecule has 1 aromatic carbocycles. The zero-order valence-corrected chi connectivity index (χ0v) is 12.0. The summed E-state index contributed by atoms with van der Waals surface area (Å²) < 4.78 is 0. The second-order valence-corrected chi connectivity index (χ2v) is 6.30. The zero-order chi connectivity index (χ0) is 14.0. The third-order valence-electron chi connectivity index (χ3n) is 5.28. The smallest absolute Gasteiger partial charge is 0.159 e. The van der Waals surface area contributed by atoms with Crippen molar-refractivity contribution >= 4 is 28.7 Å². The van der Waals surface area contributed by atoms with Crippen LogP contribution >= 0.6 is 0 Å². The van der Waals surface area contributed by atoms with E-state index in [-0.39, 0.29) is 5.78 Å². The maximum Gasteiger partial charge on any atom is 0.159 e. The monoisotopic (exact) mass is 266 g/mol. The van der Waals surface area contributed by atoms with Gasteiger partial charge in [0.15, 0.2) is 5.78 Å². The van der Waals surface area contributed by atoms with Gasteiger partial charge in [-0.25, -0.2) is 4.99 Å². The Morgan fingerprint density at radius 2 is 2.00 bits per heavy atom. The number of Topliss-reactive ketones (excluding diaryl/α,β-unsaturated/α-hetero) is 1. The first kappa shape index (κ1) is 11.9. The van der Waals surface area contributed by atoms with Crippen molar-refractivity contribution in [1.29, 1.82) is 0 Å². The molecule has 3 heteroatoms. The predicted octanol–water partition coefficient (Wildman–Crippen LogP) is 4.07. The number of benzene rings is 1. The molecule has 1 N–H and O–H groups in total. The number of H-pyrrole nitrogens is 1. The molecule has 2 bridgehead atoms. The lowest BCUT2D eigenvalue weighted by Crippen LogP contribution is -2.41. The molecule has 2 unspecified atom stereocenters. The highest BCUT2D eigenvalue weighted by atomic mass is 16.1. The van der Waals surface area contributed by atoms with Crippen LogP contribution in [-0.2, 0) is 0 Å². The Morgan fingerprint density at radius 3 is 2.70 bits per heavy atom. The molecule has 3 aliphatic rings. The number of fused-ring (bicyclic) bond motifs is 1. The molecule has 5 rings (SSSR count). The second-order valence-electron chi connectivity index (χ2n) is 6.30. The largest absolute Gasteiger partial charge is 0.339 e. The fourth-order valence-electron chi connectivity index (χ4n) is 4.11. The van der Waals surface area contributed by atoms with E-state index in [1.54, 1.807) is 6.92 Å². The first-order chi connectivity index (χ1) is 9.58. The molecule has 1 fully saturated rings. The number of ketones is 1. The number of hydrogen-bond donors (Lipinski definition) is 1. The lowest BCUT2D eigenvalue weighted by Gasteiger charge is -2.46. The van der Waals surface area contributed by atoms with Crippen LogP contribution in [0.4, 0.5) is 5.82 Å². The Hall–Kier alpha value is -1.90. The summed E-state index contributed by atoms with van der Waals surface area (Å²) in [6.45, 7) is 6.24. The van der Waals surface area contributed by atoms with Gasteiger partial charge in [0.2, 0.25) is 0 Å². The zero-order valence-electron chi connectivity index (χ0n) is 12.0. The summed E-state index contributed by atoms with van der Waals surface area (Å²) in [7, 11) is 0. The van der Waals surface area contributed by atoms with Crippen LogP contribution in [0.5, 0.6) is 0 Å². The van der Waals surface area contributed by atoms with Crippen molar-refractivity contribution in [1.82, 2.24) is 4.98 Å². The number of hydrogen-bond acceptors (Lipinski definition) is 2. The molecule has 2 aliphatic heterocycles. The summed E-state index contributed by atoms with van der Waals surface area (Å²) >= 11 is 0. The third-order valence-corrected chi connectivity index (χ3v) is 5.28. The lowest BCUT2D eigenvalue weighted by molar-refractivity contribution is 0.101. The van der Waals surface area contributed by atoms with Crippen molar-refractivity contribution < 1.29 is 4.79 Å². The Morgan fingerprint density at radius 1 is 1.25 bits per heavy atom. The summed E-state index contributed by atoms with van der Waals surface area (Å²) in [6.07, 6.45) is 2.11. The van der Waals surface area contributed by atoms with Crippen molar-refractivity contribution in [2.24, 2.45) is 22.7 Å². The van der Waals surface area contributed by atoms with E-state index in [2.05, 4.69) is 30.0 Å². The van der Waals surface area contributed by atoms with Gasteiger partial charge in [0.05, 0.1) is 0 Å². The van der Waals surface area contributed by atoms with Gasteiger partial charge < -0.3 is 4.98 Å². The van der Waals surface area contributed by atoms with E-state index in [9.17, 15) is 4.79 Å². The summed E-state index contributed by atoms with van der Waals surface area (Å²) in [5.74, 6) is 3.52. The van der Waals surface area contributed by atoms with Gasteiger partial charge >= 0.3 is 0 Å². The van der Waals surface area contributed by atoms with Gasteiger partial charge in [-0.15, -0.1) is 0 Å². The number of nitrogens with one attached hydrogen (secondary N) is 1. The van der Waals surface area contributed by atoms with Crippen LogP contribution in [0.25, 0.3) is 10.9 Å². The number of aliphatic imine (C=N–C) groups is 1. The van der Waals surface area contributed by atoms with Crippen LogP contribution in [-0.4, -0.2) is 17.0 Å². The number of aromatic amines is 1. The van der Waals surface area contributed by atoms with Crippen LogP contribution < -0.4 is 0 Å². The van der Waals surface area contributed by atoms with E-state index >= 15 is 0 Å². The molecule has 3 heterocycles. The van der Waals surface area contributed by atoms with Gasteiger partial charge in [0, 0.05) is 34.2 Å². The maximum atomic E-state index is 11.6. The molecule has 0 amide bonds. The highest BCUT2D eigenvalue weighted by Crippen LogP contribution is 2.56. The highest BCUT2D eigenvalue weighted by molar-refractivity contribution is 6.00. The average Bonchev–Trinajstić information content (AvgIpc) is 2.60. The molecule has 1 aromatic heterocycles. The van der Waals surface area contributed by atoms with Gasteiger partial charge in [0.25, 0.3) is 0 Å². The molecule has 0 saturated heterocycles. The van der Waals surface area contributed by atoms with Crippen molar-refractivity contribution in [3.63, 3.8) is 0 Å². The Labute approximate surface area is 118 Å². The highest BCUT2D eigenvalue weighted by Gasteiger charge is 2.48. The molecule has 2 aromatic rings. The van der Waals surface area contributed by atoms with E-state index < -0.39 is 0 Å². The van der Waals surface area contributed by atoms with Crippen LogP contribution in [0.1, 0.15) is 42.6 Å². The first-order valence-electron chi connectivity index (χ1n) is 7.28. The van der Waals surface area contributed by atoms with E-state index in [0.29, 0.717) is 23.7 Å². The van der Waals surface area contributed by atoms with E-state index in [1.165, 1.54) is 10.9 Å². The van der Waals surface area contributed by atoms with Crippen molar-refractivity contribution in [3.8, 4) is 0 Å². The Kier molecular flexibility index (Phi) is 2.27. The fourth-order valence-corrected chi connectivity index (χ4v) is 4.11. The minimum atomic E-state index is 0.117. The number of carbonyl (C=O) groups is 1. The minimum absolute atomic E-state index is 0.117. The summed E-state index contributed by atoms with van der Waals surface area (Å²) in [5, 5.41) is 1.17. The van der Waals surface area contributed by atoms with Gasteiger partial charge in [-0.05, 0) is 42.9 Å². The van der Waals surface area contributed by atoms with E-state index in [4.69, 9.17) is 0 Å². The number of nitrogens with zero attached hydrogens (tertiary/aromatic N) is 1. The third kappa shape index (κ3) is 1.35. The summed E-state index contributed by atoms with van der Waals surface area (Å²) in [6, 6.07) is 5.92. The Bertz CT molecular complexity index is 746. The van der Waals surface area contributed by atoms with Gasteiger partial charge in [-0.2, -0.15) is 0 Å². The molecule has 1 aliphatic carbocycles. The van der Waals surface area contributed by atoms with E-state index in [0.717, 1.165) is 16.9 Å². The molecule has 0 radical (unpaired) electrons. The standard InChI is InChI=1S/C17H18N2O/c1-8-13-7-18-17-16(15(8)9(13)2)12-6-11(10(3)20)4-5-14(12)19-17/h4-9,13,15,19H,1-3H3. The quantitative estimate of drug-likeness (QED) is 0.777. The van der Waals surface area contributed by atoms with Crippen LogP contribution in [0.2, 0.25) is 0 Å². The van der Waals surface area contributed by atoms with Gasteiger partial charge in [-0.3, -0.25) is 4.79 Å². The molecule has 102 valence electrons. The van der Waals surface area contributed by atoms with Crippen molar-refractivity contribution in [3.05, 3.63) is 29.3 Å². The van der Waals surface area contributed by atoms with Gasteiger partial charge in [-0.1, -0.05) is 13.8 Å². The van der Waals surface area contributed by atoms with Crippen LogP contribution in [0.3, 0.4) is 0 Å². The molecule has 2 atom stereocenters. The normalized spacial score (nSPS) is 30.8. The predicted molar refractivity (Wildman–Crippen MR) is 81.0 cm³/mol. The van der Waals surface area contributed by atoms with Gasteiger partial charge in [0.1, 0.15) is 5.82 Å². The van der Waals surface area contributed by atoms with Crippen LogP contribution in [0.15, 0.2) is 23.2 Å². The SMILES string of the molecule is CC(=O)c1ccc2[nH]c3c(c2c1)C1C(C)C(C=N3)C1C. The molecule has 0 spiro atoms. The number of aromatic nitrogens is 1. The topological polar surface area (TPSA) is 45.2 Å². The lowest BCUT2D eigenvalue weighted by atomic mass is 9.56.